The predicted molar refractivity (Wildman–Crippen MR) is 82.4 cm³/mol. The highest BCUT2D eigenvalue weighted by molar-refractivity contribution is 5.35. The molecule has 3 nitrogen and oxygen atoms in total. The molecule has 0 atom stereocenters. The third kappa shape index (κ3) is 3.48. The van der Waals surface area contributed by atoms with E-state index >= 15 is 0 Å². The summed E-state index contributed by atoms with van der Waals surface area (Å²) in [6, 6.07) is 8.55. The van der Waals surface area contributed by atoms with Gasteiger partial charge in [0.05, 0.1) is 0 Å². The summed E-state index contributed by atoms with van der Waals surface area (Å²) >= 11 is 0. The Balaban J connectivity index is 2.21. The van der Waals surface area contributed by atoms with E-state index in [4.69, 9.17) is 10.1 Å². The molecule has 0 unspecified atom stereocenters. The van der Waals surface area contributed by atoms with E-state index in [1.807, 2.05) is 0 Å². The molecule has 2 rings (SSSR count). The number of rotatable bonds is 6. The lowest BCUT2D eigenvalue weighted by Gasteiger charge is -2.11. The molecule has 0 fully saturated rings. The smallest absolute Gasteiger partial charge is 0.137 e. The maximum absolute atomic E-state index is 8.82. The maximum Gasteiger partial charge on any atom is 0.137 e. The normalized spacial score (nSPS) is 11.0. The third-order valence-electron chi connectivity index (χ3n) is 3.60. The zero-order chi connectivity index (χ0) is 14.5. The highest BCUT2D eigenvalue weighted by Gasteiger charge is 2.07. The number of hydrogen-bond donors (Lipinski definition) is 1. The Bertz CT molecular complexity index is 553. The number of pyridine rings is 1. The molecule has 0 saturated heterocycles. The Morgan fingerprint density at radius 1 is 1.00 bits per heavy atom. The van der Waals surface area contributed by atoms with Crippen LogP contribution in [0, 0.1) is 20.8 Å². The Labute approximate surface area is 121 Å². The number of aryl methyl sites for hydroxylation is 4. The van der Waals surface area contributed by atoms with Gasteiger partial charge in [0.25, 0.3) is 0 Å². The average Bonchev–Trinajstić information content (AvgIpc) is 2.74. The van der Waals surface area contributed by atoms with Crippen molar-refractivity contribution in [1.82, 2.24) is 9.55 Å². The third-order valence-corrected chi connectivity index (χ3v) is 3.60. The van der Waals surface area contributed by atoms with Gasteiger partial charge in [0.1, 0.15) is 5.82 Å². The molecule has 0 aromatic carbocycles. The molecular formula is C17H24N2O. The van der Waals surface area contributed by atoms with Crippen molar-refractivity contribution in [1.29, 1.82) is 0 Å². The van der Waals surface area contributed by atoms with Crippen LogP contribution in [-0.4, -0.2) is 21.3 Å². The van der Waals surface area contributed by atoms with Gasteiger partial charge in [0.15, 0.2) is 0 Å². The van der Waals surface area contributed by atoms with Gasteiger partial charge < -0.3 is 9.67 Å². The summed E-state index contributed by atoms with van der Waals surface area (Å²) in [4.78, 5) is 4.80. The number of aromatic nitrogens is 2. The van der Waals surface area contributed by atoms with E-state index in [1.54, 1.807) is 0 Å². The minimum absolute atomic E-state index is 0.286. The molecule has 0 bridgehead atoms. The Hall–Kier alpha value is -1.61. The van der Waals surface area contributed by atoms with E-state index in [0.29, 0.717) is 0 Å². The lowest BCUT2D eigenvalue weighted by molar-refractivity contribution is 0.283. The fraction of sp³-hybridized carbons (Fsp3) is 0.471. The SMILES string of the molecule is Cc1cc(CCCCCO)nc(-n2c(C)ccc2C)c1. The second-order valence-corrected chi connectivity index (χ2v) is 5.48. The highest BCUT2D eigenvalue weighted by Crippen LogP contribution is 2.17. The topological polar surface area (TPSA) is 38.1 Å². The van der Waals surface area contributed by atoms with Crippen LogP contribution in [0.2, 0.25) is 0 Å². The summed E-state index contributed by atoms with van der Waals surface area (Å²) < 4.78 is 2.20. The standard InChI is InChI=1S/C17H24N2O/c1-13-11-16(7-5-4-6-10-20)18-17(12-13)19-14(2)8-9-15(19)3/h8-9,11-12,20H,4-7,10H2,1-3H3. The minimum Gasteiger partial charge on any atom is -0.396 e. The van der Waals surface area contributed by atoms with Gasteiger partial charge in [-0.05, 0) is 69.9 Å². The first-order chi connectivity index (χ1) is 9.61. The van der Waals surface area contributed by atoms with Crippen LogP contribution >= 0.6 is 0 Å². The second kappa shape index (κ2) is 6.71. The van der Waals surface area contributed by atoms with Crippen molar-refractivity contribution >= 4 is 0 Å². The number of unbranched alkanes of at least 4 members (excludes halogenated alkanes) is 2. The van der Waals surface area contributed by atoms with Gasteiger partial charge in [-0.25, -0.2) is 4.98 Å². The molecule has 20 heavy (non-hydrogen) atoms. The van der Waals surface area contributed by atoms with Gasteiger partial charge in [-0.2, -0.15) is 0 Å². The van der Waals surface area contributed by atoms with Crippen molar-refractivity contribution in [3.63, 3.8) is 0 Å². The molecule has 0 amide bonds. The van der Waals surface area contributed by atoms with Gasteiger partial charge in [0.2, 0.25) is 0 Å². The highest BCUT2D eigenvalue weighted by atomic mass is 16.2. The van der Waals surface area contributed by atoms with E-state index < -0.39 is 0 Å². The van der Waals surface area contributed by atoms with E-state index in [-0.39, 0.29) is 6.61 Å². The van der Waals surface area contributed by atoms with E-state index in [0.717, 1.165) is 37.2 Å². The van der Waals surface area contributed by atoms with Crippen molar-refractivity contribution in [2.45, 2.75) is 46.5 Å². The van der Waals surface area contributed by atoms with Gasteiger partial charge in [0, 0.05) is 23.7 Å². The van der Waals surface area contributed by atoms with E-state index in [2.05, 4.69) is 49.6 Å². The number of hydrogen-bond acceptors (Lipinski definition) is 2. The van der Waals surface area contributed by atoms with Crippen LogP contribution in [0.4, 0.5) is 0 Å². The first-order valence-electron chi connectivity index (χ1n) is 7.35. The molecule has 108 valence electrons. The maximum atomic E-state index is 8.82. The molecule has 0 aliphatic carbocycles. The van der Waals surface area contributed by atoms with Gasteiger partial charge in [-0.3, -0.25) is 0 Å². The first-order valence-corrected chi connectivity index (χ1v) is 7.35. The van der Waals surface area contributed by atoms with Crippen LogP contribution < -0.4 is 0 Å². The fourth-order valence-corrected chi connectivity index (χ4v) is 2.59. The predicted octanol–water partition coefficient (Wildman–Crippen LogP) is 3.50. The summed E-state index contributed by atoms with van der Waals surface area (Å²) in [5.41, 5.74) is 4.82. The van der Waals surface area contributed by atoms with Crippen LogP contribution in [0.3, 0.4) is 0 Å². The Kier molecular flexibility index (Phi) is 4.96. The quantitative estimate of drug-likeness (QED) is 0.817. The summed E-state index contributed by atoms with van der Waals surface area (Å²) in [7, 11) is 0. The van der Waals surface area contributed by atoms with Crippen LogP contribution in [0.15, 0.2) is 24.3 Å². The molecule has 0 aliphatic rings. The summed E-state index contributed by atoms with van der Waals surface area (Å²) in [5, 5.41) is 8.82. The fourth-order valence-electron chi connectivity index (χ4n) is 2.59. The molecule has 0 saturated carbocycles. The van der Waals surface area contributed by atoms with E-state index in [9.17, 15) is 0 Å². The summed E-state index contributed by atoms with van der Waals surface area (Å²) in [6.07, 6.45) is 4.01. The number of aliphatic hydroxyl groups excluding tert-OH is 1. The van der Waals surface area contributed by atoms with Gasteiger partial charge >= 0.3 is 0 Å². The monoisotopic (exact) mass is 272 g/mol. The largest absolute Gasteiger partial charge is 0.396 e. The molecule has 2 aromatic heterocycles. The molecule has 2 aromatic rings. The van der Waals surface area contributed by atoms with Gasteiger partial charge in [-0.1, -0.05) is 6.42 Å². The zero-order valence-corrected chi connectivity index (χ0v) is 12.7. The summed E-state index contributed by atoms with van der Waals surface area (Å²) in [5.74, 6) is 1.02. The summed E-state index contributed by atoms with van der Waals surface area (Å²) in [6.45, 7) is 6.63. The minimum atomic E-state index is 0.286. The van der Waals surface area contributed by atoms with Crippen molar-refractivity contribution in [2.75, 3.05) is 6.61 Å². The van der Waals surface area contributed by atoms with Crippen LogP contribution in [0.25, 0.3) is 5.82 Å². The van der Waals surface area contributed by atoms with Gasteiger partial charge in [-0.15, -0.1) is 0 Å². The van der Waals surface area contributed by atoms with Crippen LogP contribution in [0.1, 0.15) is 41.9 Å². The van der Waals surface area contributed by atoms with E-state index in [1.165, 1.54) is 17.0 Å². The molecule has 0 aliphatic heterocycles. The Morgan fingerprint density at radius 3 is 2.35 bits per heavy atom. The molecule has 0 spiro atoms. The number of aliphatic hydroxyl groups is 1. The second-order valence-electron chi connectivity index (χ2n) is 5.48. The molecule has 0 radical (unpaired) electrons. The lowest BCUT2D eigenvalue weighted by atomic mass is 10.1. The lowest BCUT2D eigenvalue weighted by Crippen LogP contribution is -2.04. The molecule has 1 N–H and O–H groups in total. The molecule has 2 heterocycles. The van der Waals surface area contributed by atoms with Crippen molar-refractivity contribution < 1.29 is 5.11 Å². The van der Waals surface area contributed by atoms with Crippen LogP contribution in [-0.2, 0) is 6.42 Å². The molecule has 3 heteroatoms. The molecular weight excluding hydrogens is 248 g/mol. The first kappa shape index (κ1) is 14.8. The van der Waals surface area contributed by atoms with Crippen molar-refractivity contribution in [3.8, 4) is 5.82 Å². The zero-order valence-electron chi connectivity index (χ0n) is 12.7. The van der Waals surface area contributed by atoms with Crippen molar-refractivity contribution in [3.05, 3.63) is 46.9 Å². The average molecular weight is 272 g/mol. The Morgan fingerprint density at radius 2 is 1.70 bits per heavy atom. The number of nitrogens with zero attached hydrogens (tertiary/aromatic N) is 2. The van der Waals surface area contributed by atoms with Crippen LogP contribution in [0.5, 0.6) is 0 Å². The van der Waals surface area contributed by atoms with Crippen molar-refractivity contribution in [2.24, 2.45) is 0 Å².